The van der Waals surface area contributed by atoms with Crippen molar-refractivity contribution in [2.75, 3.05) is 18.9 Å². The van der Waals surface area contributed by atoms with E-state index in [-0.39, 0.29) is 18.4 Å². The monoisotopic (exact) mass is 372 g/mol. The predicted molar refractivity (Wildman–Crippen MR) is 113 cm³/mol. The van der Waals surface area contributed by atoms with E-state index in [4.69, 9.17) is 0 Å². The van der Waals surface area contributed by atoms with Crippen molar-refractivity contribution < 1.29 is 9.59 Å². The summed E-state index contributed by atoms with van der Waals surface area (Å²) in [6.07, 6.45) is 0. The van der Waals surface area contributed by atoms with Gasteiger partial charge in [0.1, 0.15) is 0 Å². The number of nitrogens with one attached hydrogen (secondary N) is 1. The summed E-state index contributed by atoms with van der Waals surface area (Å²) in [4.78, 5) is 26.4. The van der Waals surface area contributed by atoms with Gasteiger partial charge in [0.25, 0.3) is 5.91 Å². The Labute approximate surface area is 165 Å². The number of aryl methyl sites for hydroxylation is 1. The Hall–Kier alpha value is -3.40. The first-order valence-corrected chi connectivity index (χ1v) is 9.22. The zero-order valence-electron chi connectivity index (χ0n) is 16.4. The molecule has 142 valence electrons. The first kappa shape index (κ1) is 19.4. The first-order valence-electron chi connectivity index (χ1n) is 9.22. The molecule has 0 fully saturated rings. The van der Waals surface area contributed by atoms with Gasteiger partial charge in [-0.15, -0.1) is 0 Å². The Balaban J connectivity index is 1.64. The van der Waals surface area contributed by atoms with E-state index in [0.29, 0.717) is 5.56 Å². The molecule has 1 N–H and O–H groups in total. The fourth-order valence-corrected chi connectivity index (χ4v) is 3.02. The average Bonchev–Trinajstić information content (AvgIpc) is 2.71. The molecule has 2 amide bonds. The third kappa shape index (κ3) is 4.46. The molecule has 3 aromatic rings. The number of rotatable bonds is 5. The topological polar surface area (TPSA) is 49.4 Å². The smallest absolute Gasteiger partial charge is 0.254 e. The fraction of sp³-hybridized carbons (Fsp3) is 0.167. The van der Waals surface area contributed by atoms with Gasteiger partial charge in [-0.05, 0) is 54.3 Å². The van der Waals surface area contributed by atoms with Gasteiger partial charge in [0.15, 0.2) is 0 Å². The summed E-state index contributed by atoms with van der Waals surface area (Å²) in [5.74, 6) is -0.402. The number of amides is 2. The third-order valence-electron chi connectivity index (χ3n) is 4.85. The van der Waals surface area contributed by atoms with Crippen LogP contribution in [0.15, 0.2) is 72.8 Å². The Morgan fingerprint density at radius 2 is 1.46 bits per heavy atom. The van der Waals surface area contributed by atoms with Gasteiger partial charge in [0.2, 0.25) is 5.91 Å². The molecule has 0 aliphatic heterocycles. The second-order valence-corrected chi connectivity index (χ2v) is 6.90. The number of nitrogens with zero attached hydrogens (tertiary/aromatic N) is 1. The van der Waals surface area contributed by atoms with E-state index in [0.717, 1.165) is 27.9 Å². The molecule has 0 aliphatic rings. The van der Waals surface area contributed by atoms with Gasteiger partial charge in [-0.1, -0.05) is 54.6 Å². The maximum absolute atomic E-state index is 12.6. The molecule has 28 heavy (non-hydrogen) atoms. The van der Waals surface area contributed by atoms with Crippen LogP contribution in [0.5, 0.6) is 0 Å². The largest absolute Gasteiger partial charge is 0.332 e. The molecule has 0 saturated heterocycles. The lowest BCUT2D eigenvalue weighted by atomic mass is 10.0. The molecule has 0 aromatic heterocycles. The van der Waals surface area contributed by atoms with Crippen molar-refractivity contribution in [2.24, 2.45) is 0 Å². The lowest BCUT2D eigenvalue weighted by Gasteiger charge is -2.18. The van der Waals surface area contributed by atoms with Crippen LogP contribution in [0.1, 0.15) is 21.5 Å². The standard InChI is InChI=1S/C24H24N2O2/c1-17-8-7-11-22(18(17)2)25-23(27)16-26(3)24(28)21-14-12-20(13-15-21)19-9-5-4-6-10-19/h4-15H,16H2,1-3H3,(H,25,27). The van der Waals surface area contributed by atoms with Crippen LogP contribution < -0.4 is 5.32 Å². The van der Waals surface area contributed by atoms with Gasteiger partial charge >= 0.3 is 0 Å². The summed E-state index contributed by atoms with van der Waals surface area (Å²) < 4.78 is 0. The maximum atomic E-state index is 12.6. The van der Waals surface area contributed by atoms with Crippen LogP contribution in [-0.4, -0.2) is 30.3 Å². The van der Waals surface area contributed by atoms with Gasteiger partial charge in [-0.25, -0.2) is 0 Å². The van der Waals surface area contributed by atoms with Crippen molar-refractivity contribution >= 4 is 17.5 Å². The van der Waals surface area contributed by atoms with E-state index < -0.39 is 0 Å². The highest BCUT2D eigenvalue weighted by Crippen LogP contribution is 2.20. The van der Waals surface area contributed by atoms with Crippen molar-refractivity contribution in [1.29, 1.82) is 0 Å². The molecule has 0 unspecified atom stereocenters. The van der Waals surface area contributed by atoms with Crippen molar-refractivity contribution in [1.82, 2.24) is 4.90 Å². The molecule has 3 aromatic carbocycles. The van der Waals surface area contributed by atoms with Crippen molar-refractivity contribution in [3.8, 4) is 11.1 Å². The van der Waals surface area contributed by atoms with Crippen LogP contribution in [0.3, 0.4) is 0 Å². The highest BCUT2D eigenvalue weighted by molar-refractivity contribution is 5.99. The quantitative estimate of drug-likeness (QED) is 0.707. The molecule has 0 atom stereocenters. The first-order chi connectivity index (χ1) is 13.5. The molecule has 0 spiro atoms. The molecule has 0 bridgehead atoms. The molecule has 0 saturated carbocycles. The number of hydrogen-bond acceptors (Lipinski definition) is 2. The van der Waals surface area contributed by atoms with Crippen molar-refractivity contribution in [3.05, 3.63) is 89.5 Å². The Morgan fingerprint density at radius 1 is 0.821 bits per heavy atom. The molecule has 0 heterocycles. The van der Waals surface area contributed by atoms with Crippen molar-refractivity contribution in [2.45, 2.75) is 13.8 Å². The van der Waals surface area contributed by atoms with Crippen molar-refractivity contribution in [3.63, 3.8) is 0 Å². The number of carbonyl (C=O) groups is 2. The molecule has 0 radical (unpaired) electrons. The minimum Gasteiger partial charge on any atom is -0.332 e. The van der Waals surface area contributed by atoms with Gasteiger partial charge in [-0.2, -0.15) is 0 Å². The zero-order chi connectivity index (χ0) is 20.1. The van der Waals surface area contributed by atoms with Crippen LogP contribution >= 0.6 is 0 Å². The molecule has 4 nitrogen and oxygen atoms in total. The summed E-state index contributed by atoms with van der Waals surface area (Å²) in [6, 6.07) is 23.2. The van der Waals surface area contributed by atoms with Gasteiger partial charge in [-0.3, -0.25) is 9.59 Å². The summed E-state index contributed by atoms with van der Waals surface area (Å²) in [5.41, 5.74) is 5.62. The highest BCUT2D eigenvalue weighted by Gasteiger charge is 2.16. The van der Waals surface area contributed by atoms with Crippen LogP contribution in [-0.2, 0) is 4.79 Å². The third-order valence-corrected chi connectivity index (χ3v) is 4.85. The highest BCUT2D eigenvalue weighted by atomic mass is 16.2. The molecule has 4 heteroatoms. The van der Waals surface area contributed by atoms with Gasteiger partial charge < -0.3 is 10.2 Å². The summed E-state index contributed by atoms with van der Waals surface area (Å²) in [7, 11) is 1.64. The normalized spacial score (nSPS) is 10.4. The lowest BCUT2D eigenvalue weighted by molar-refractivity contribution is -0.116. The minimum absolute atomic E-state index is 0.00729. The summed E-state index contributed by atoms with van der Waals surface area (Å²) in [5, 5.41) is 2.89. The van der Waals surface area contributed by atoms with E-state index in [1.165, 1.54) is 4.90 Å². The Bertz CT molecular complexity index is 979. The number of benzene rings is 3. The van der Waals surface area contributed by atoms with Crippen LogP contribution in [0.4, 0.5) is 5.69 Å². The van der Waals surface area contributed by atoms with Gasteiger partial charge in [0, 0.05) is 18.3 Å². The van der Waals surface area contributed by atoms with E-state index in [1.54, 1.807) is 19.2 Å². The van der Waals surface area contributed by atoms with E-state index >= 15 is 0 Å². The number of carbonyl (C=O) groups excluding carboxylic acids is 2. The number of anilines is 1. The Kier molecular flexibility index (Phi) is 5.90. The fourth-order valence-electron chi connectivity index (χ4n) is 3.02. The molecule has 0 aliphatic carbocycles. The average molecular weight is 372 g/mol. The predicted octanol–water partition coefficient (Wildman–Crippen LogP) is 4.68. The van der Waals surface area contributed by atoms with E-state index in [1.807, 2.05) is 74.5 Å². The molecular formula is C24H24N2O2. The Morgan fingerprint density at radius 3 is 2.14 bits per heavy atom. The molecule has 3 rings (SSSR count). The SMILES string of the molecule is Cc1cccc(NC(=O)CN(C)C(=O)c2ccc(-c3ccccc3)cc2)c1C. The minimum atomic E-state index is -0.217. The van der Waals surface area contributed by atoms with E-state index in [9.17, 15) is 9.59 Å². The lowest BCUT2D eigenvalue weighted by Crippen LogP contribution is -2.35. The van der Waals surface area contributed by atoms with E-state index in [2.05, 4.69) is 5.32 Å². The second kappa shape index (κ2) is 8.53. The maximum Gasteiger partial charge on any atom is 0.254 e. The van der Waals surface area contributed by atoms with Crippen LogP contribution in [0, 0.1) is 13.8 Å². The van der Waals surface area contributed by atoms with Crippen LogP contribution in [0.2, 0.25) is 0 Å². The summed E-state index contributed by atoms with van der Waals surface area (Å²) >= 11 is 0. The zero-order valence-corrected chi connectivity index (χ0v) is 16.4. The van der Waals surface area contributed by atoms with Crippen LogP contribution in [0.25, 0.3) is 11.1 Å². The van der Waals surface area contributed by atoms with Gasteiger partial charge in [0.05, 0.1) is 6.54 Å². The second-order valence-electron chi connectivity index (χ2n) is 6.90. The number of hydrogen-bond donors (Lipinski definition) is 1. The molecular weight excluding hydrogens is 348 g/mol. The number of likely N-dealkylation sites (N-methyl/N-ethyl adjacent to an activating group) is 1. The summed E-state index contributed by atoms with van der Waals surface area (Å²) in [6.45, 7) is 3.96.